The maximum Gasteiger partial charge on any atom is 0.418 e. The fourth-order valence-electron chi connectivity index (χ4n) is 3.43. The molecule has 0 bridgehead atoms. The van der Waals surface area contributed by atoms with E-state index in [-0.39, 0.29) is 44.7 Å². The van der Waals surface area contributed by atoms with Gasteiger partial charge in [0.25, 0.3) is 5.91 Å². The van der Waals surface area contributed by atoms with Crippen molar-refractivity contribution < 1.29 is 30.8 Å². The number of hydrogen-bond donors (Lipinski definition) is 1. The number of aryl methyl sites for hydroxylation is 1. The first-order valence-electron chi connectivity index (χ1n) is 9.58. The van der Waals surface area contributed by atoms with Crippen molar-refractivity contribution >= 4 is 33.0 Å². The van der Waals surface area contributed by atoms with E-state index in [1.165, 1.54) is 54.0 Å². The Kier molecular flexibility index (Phi) is 6.90. The Morgan fingerprint density at radius 1 is 1.09 bits per heavy atom. The summed E-state index contributed by atoms with van der Waals surface area (Å²) in [5, 5.41) is 2.47. The summed E-state index contributed by atoms with van der Waals surface area (Å²) in [7, 11) is -3.42. The van der Waals surface area contributed by atoms with E-state index < -0.39 is 34.2 Å². The molecule has 0 radical (unpaired) electrons. The second-order valence-electron chi connectivity index (χ2n) is 7.32. The molecule has 1 amide bonds. The molecule has 11 heteroatoms. The Morgan fingerprint density at radius 2 is 1.73 bits per heavy atom. The smallest absolute Gasteiger partial charge is 0.322 e. The second kappa shape index (κ2) is 9.18. The summed E-state index contributed by atoms with van der Waals surface area (Å²) < 4.78 is 78.5. The summed E-state index contributed by atoms with van der Waals surface area (Å²) in [5.41, 5.74) is -0.596. The summed E-state index contributed by atoms with van der Waals surface area (Å²) in [5.74, 6) is -0.638. The van der Waals surface area contributed by atoms with Crippen LogP contribution in [0.25, 0.3) is 5.69 Å². The quantitative estimate of drug-likeness (QED) is 0.444. The van der Waals surface area contributed by atoms with E-state index in [9.17, 15) is 30.8 Å². The largest absolute Gasteiger partial charge is 0.418 e. The molecule has 0 aliphatic carbocycles. The Morgan fingerprint density at radius 3 is 2.27 bits per heavy atom. The molecule has 3 rings (SSSR count). The van der Waals surface area contributed by atoms with Gasteiger partial charge in [0.1, 0.15) is 0 Å². The Balaban J connectivity index is 2.05. The van der Waals surface area contributed by atoms with Gasteiger partial charge in [-0.25, -0.2) is 8.42 Å². The Bertz CT molecular complexity index is 1300. The molecule has 2 aromatic carbocycles. The number of aromatic nitrogens is 1. The molecule has 0 saturated heterocycles. The van der Waals surface area contributed by atoms with E-state index in [1.54, 1.807) is 0 Å². The van der Waals surface area contributed by atoms with Crippen molar-refractivity contribution in [1.82, 2.24) is 4.57 Å². The van der Waals surface area contributed by atoms with Crippen LogP contribution >= 0.6 is 11.6 Å². The first-order chi connectivity index (χ1) is 15.3. The number of benzene rings is 2. The van der Waals surface area contributed by atoms with Crippen LogP contribution in [-0.2, 0) is 22.4 Å². The normalized spacial score (nSPS) is 12.1. The number of rotatable bonds is 6. The first kappa shape index (κ1) is 24.8. The molecule has 1 aromatic heterocycles. The second-order valence-corrected chi connectivity index (χ2v) is 9.77. The van der Waals surface area contributed by atoms with Gasteiger partial charge in [-0.05, 0) is 55.5 Å². The van der Waals surface area contributed by atoms with Crippen molar-refractivity contribution in [3.63, 3.8) is 0 Å². The minimum atomic E-state index is -4.73. The maximum absolute atomic E-state index is 13.7. The van der Waals surface area contributed by atoms with Crippen LogP contribution in [0.5, 0.6) is 0 Å². The number of alkyl halides is 4. The number of nitrogens with one attached hydrogen (secondary N) is 1. The fourth-order valence-corrected chi connectivity index (χ4v) is 4.23. The van der Waals surface area contributed by atoms with E-state index in [0.29, 0.717) is 0 Å². The van der Waals surface area contributed by atoms with Crippen molar-refractivity contribution in [2.75, 3.05) is 18.2 Å². The highest BCUT2D eigenvalue weighted by molar-refractivity contribution is 7.90. The van der Waals surface area contributed by atoms with Gasteiger partial charge in [-0.1, -0.05) is 11.6 Å². The lowest BCUT2D eigenvalue weighted by Gasteiger charge is -2.18. The zero-order valence-corrected chi connectivity index (χ0v) is 19.1. The number of anilines is 1. The van der Waals surface area contributed by atoms with E-state index in [2.05, 4.69) is 5.32 Å². The van der Waals surface area contributed by atoms with Crippen LogP contribution in [0.1, 0.15) is 27.3 Å². The summed E-state index contributed by atoms with van der Waals surface area (Å²) in [6, 6.07) is 10.00. The molecule has 0 spiro atoms. The van der Waals surface area contributed by atoms with Crippen LogP contribution in [0.2, 0.25) is 5.02 Å². The average molecular weight is 503 g/mol. The third kappa shape index (κ3) is 5.39. The predicted molar refractivity (Wildman–Crippen MR) is 118 cm³/mol. The van der Waals surface area contributed by atoms with Gasteiger partial charge in [-0.3, -0.25) is 9.18 Å². The van der Waals surface area contributed by atoms with Crippen molar-refractivity contribution in [2.45, 2.75) is 24.4 Å². The molecule has 0 saturated carbocycles. The molecule has 3 aromatic rings. The lowest BCUT2D eigenvalue weighted by atomic mass is 10.1. The molecule has 1 N–H and O–H groups in total. The Labute approximate surface area is 192 Å². The molecule has 176 valence electrons. The number of carbonyl (C=O) groups excluding carboxylic acids is 1. The molecule has 5 nitrogen and oxygen atoms in total. The number of carbonyl (C=O) groups is 1. The number of sulfone groups is 1. The minimum absolute atomic E-state index is 0.0497. The molecular formula is C22H19ClF4N2O3S. The van der Waals surface area contributed by atoms with Crippen molar-refractivity contribution in [1.29, 1.82) is 0 Å². The standard InChI is InChI=1S/C22H19ClF4N2O3S/c1-13-18(21(30)28-15-4-6-17(7-5-15)33(2,31)32)12-16(9-10-24)29(13)20-8-3-14(23)11-19(20)22(25,26)27/h3-8,11-12H,9-10H2,1-2H3,(H,28,30). The van der Waals surface area contributed by atoms with E-state index in [4.69, 9.17) is 11.6 Å². The highest BCUT2D eigenvalue weighted by atomic mass is 35.5. The van der Waals surface area contributed by atoms with Crippen molar-refractivity contribution in [3.8, 4) is 5.69 Å². The summed E-state index contributed by atoms with van der Waals surface area (Å²) in [6.07, 6.45) is -3.89. The molecule has 0 atom stereocenters. The van der Waals surface area contributed by atoms with Gasteiger partial charge in [-0.2, -0.15) is 13.2 Å². The van der Waals surface area contributed by atoms with Crippen molar-refractivity contribution in [3.05, 3.63) is 76.1 Å². The zero-order valence-electron chi connectivity index (χ0n) is 17.5. The van der Waals surface area contributed by atoms with Gasteiger partial charge < -0.3 is 9.88 Å². The number of amides is 1. The molecule has 1 heterocycles. The van der Waals surface area contributed by atoms with Gasteiger partial charge in [0.15, 0.2) is 9.84 Å². The van der Waals surface area contributed by atoms with Crippen LogP contribution in [-0.4, -0.2) is 31.8 Å². The molecule has 0 aliphatic heterocycles. The fraction of sp³-hybridized carbons (Fsp3) is 0.227. The summed E-state index contributed by atoms with van der Waals surface area (Å²) in [6.45, 7) is 0.616. The van der Waals surface area contributed by atoms with Crippen LogP contribution in [0.15, 0.2) is 53.4 Å². The maximum atomic E-state index is 13.7. The molecule has 0 aliphatic rings. The third-order valence-electron chi connectivity index (χ3n) is 4.96. The Hall–Kier alpha value is -2.85. The van der Waals surface area contributed by atoms with Gasteiger partial charge in [0.2, 0.25) is 0 Å². The molecule has 0 fully saturated rings. The van der Waals surface area contributed by atoms with E-state index in [1.807, 2.05) is 0 Å². The van der Waals surface area contributed by atoms with Crippen LogP contribution < -0.4 is 5.32 Å². The molecule has 33 heavy (non-hydrogen) atoms. The monoisotopic (exact) mass is 502 g/mol. The topological polar surface area (TPSA) is 68.2 Å². The predicted octanol–water partition coefficient (Wildman–Crippen LogP) is 5.63. The highest BCUT2D eigenvalue weighted by Crippen LogP contribution is 2.37. The van der Waals surface area contributed by atoms with Gasteiger partial charge in [0, 0.05) is 34.8 Å². The summed E-state index contributed by atoms with van der Waals surface area (Å²) >= 11 is 5.77. The highest BCUT2D eigenvalue weighted by Gasteiger charge is 2.35. The zero-order chi connectivity index (χ0) is 24.6. The van der Waals surface area contributed by atoms with Crippen LogP contribution in [0.4, 0.5) is 23.2 Å². The molecule has 0 unspecified atom stereocenters. The van der Waals surface area contributed by atoms with Gasteiger partial charge in [0.05, 0.1) is 28.4 Å². The number of nitrogens with zero attached hydrogens (tertiary/aromatic N) is 1. The van der Waals surface area contributed by atoms with Crippen LogP contribution in [0.3, 0.4) is 0 Å². The minimum Gasteiger partial charge on any atom is -0.322 e. The number of hydrogen-bond acceptors (Lipinski definition) is 3. The lowest BCUT2D eigenvalue weighted by molar-refractivity contribution is -0.137. The average Bonchev–Trinajstić information content (AvgIpc) is 3.03. The molecular weight excluding hydrogens is 484 g/mol. The van der Waals surface area contributed by atoms with Crippen molar-refractivity contribution in [2.24, 2.45) is 0 Å². The van der Waals surface area contributed by atoms with E-state index in [0.717, 1.165) is 12.3 Å². The number of halogens is 5. The summed E-state index contributed by atoms with van der Waals surface area (Å²) in [4.78, 5) is 12.9. The lowest BCUT2D eigenvalue weighted by Crippen LogP contribution is -2.15. The van der Waals surface area contributed by atoms with Crippen LogP contribution in [0, 0.1) is 6.92 Å². The van der Waals surface area contributed by atoms with Gasteiger partial charge in [-0.15, -0.1) is 0 Å². The third-order valence-corrected chi connectivity index (χ3v) is 6.33. The first-order valence-corrected chi connectivity index (χ1v) is 11.9. The van der Waals surface area contributed by atoms with Gasteiger partial charge >= 0.3 is 6.18 Å². The SMILES string of the molecule is Cc1c(C(=O)Nc2ccc(S(C)(=O)=O)cc2)cc(CCF)n1-c1ccc(Cl)cc1C(F)(F)F. The van der Waals surface area contributed by atoms with E-state index >= 15 is 0 Å².